The van der Waals surface area contributed by atoms with Crippen LogP contribution in [0.4, 0.5) is 5.69 Å². The second-order valence-corrected chi connectivity index (χ2v) is 12.5. The fraction of sp³-hybridized carbons (Fsp3) is 0.480. The second-order valence-electron chi connectivity index (χ2n) is 8.61. The van der Waals surface area contributed by atoms with Crippen molar-refractivity contribution in [2.24, 2.45) is 0 Å². The topological polar surface area (TPSA) is 102 Å². The molecule has 6 nitrogen and oxygen atoms in total. The molecule has 33 heavy (non-hydrogen) atoms. The van der Waals surface area contributed by atoms with Gasteiger partial charge >= 0.3 is 0 Å². The number of aliphatic hydroxyl groups is 2. The van der Waals surface area contributed by atoms with Gasteiger partial charge in [0, 0.05) is 22.2 Å². The number of rotatable bonds is 9. The average Bonchev–Trinajstić information content (AvgIpc) is 2.81. The number of nitrogens with zero attached hydrogens (tertiary/aromatic N) is 2. The molecule has 0 spiro atoms. The summed E-state index contributed by atoms with van der Waals surface area (Å²) in [5, 5.41) is 29.8. The summed E-state index contributed by atoms with van der Waals surface area (Å²) in [5.41, 5.74) is 1.85. The van der Waals surface area contributed by atoms with Crippen molar-refractivity contribution in [3.63, 3.8) is 0 Å². The van der Waals surface area contributed by atoms with Crippen LogP contribution in [0, 0.1) is 11.3 Å². The van der Waals surface area contributed by atoms with Crippen molar-refractivity contribution in [1.82, 2.24) is 0 Å². The van der Waals surface area contributed by atoms with Crippen LogP contribution in [-0.2, 0) is 9.84 Å². The molecule has 8 heteroatoms. The summed E-state index contributed by atoms with van der Waals surface area (Å²) in [5.74, 6) is -0.391. The Morgan fingerprint density at radius 3 is 2.73 bits per heavy atom. The SMILES string of the molecule is CCCC1CC(I)CCN1c1ccc2cc(/C=C(\C#N)S(=O)(=O)CCC(O)CO)ccc2c1. The van der Waals surface area contributed by atoms with Crippen molar-refractivity contribution in [3.8, 4) is 6.07 Å². The fourth-order valence-corrected chi connectivity index (χ4v) is 6.43. The number of hydrogen-bond acceptors (Lipinski definition) is 6. The largest absolute Gasteiger partial charge is 0.394 e. The number of benzene rings is 2. The Bertz CT molecular complexity index is 1140. The van der Waals surface area contributed by atoms with Crippen LogP contribution in [0.5, 0.6) is 0 Å². The zero-order valence-corrected chi connectivity index (χ0v) is 21.8. The van der Waals surface area contributed by atoms with E-state index in [1.807, 2.05) is 18.2 Å². The van der Waals surface area contributed by atoms with E-state index in [4.69, 9.17) is 5.11 Å². The number of nitriles is 1. The maximum Gasteiger partial charge on any atom is 0.188 e. The minimum atomic E-state index is -3.84. The molecule has 0 aromatic heterocycles. The highest BCUT2D eigenvalue weighted by atomic mass is 127. The molecule has 1 saturated heterocycles. The molecule has 2 aromatic rings. The Morgan fingerprint density at radius 2 is 2.03 bits per heavy atom. The predicted octanol–water partition coefficient (Wildman–Crippen LogP) is 4.43. The number of hydrogen-bond donors (Lipinski definition) is 2. The van der Waals surface area contributed by atoms with Crippen LogP contribution in [0.2, 0.25) is 0 Å². The molecular formula is C25H31IN2O4S. The first-order valence-electron chi connectivity index (χ1n) is 11.4. The van der Waals surface area contributed by atoms with Gasteiger partial charge in [-0.3, -0.25) is 0 Å². The Hall–Kier alpha value is -1.67. The van der Waals surface area contributed by atoms with Gasteiger partial charge in [0.05, 0.1) is 18.5 Å². The first-order chi connectivity index (χ1) is 15.8. The fourth-order valence-electron chi connectivity index (χ4n) is 4.30. The van der Waals surface area contributed by atoms with Gasteiger partial charge in [-0.05, 0) is 66.3 Å². The summed E-state index contributed by atoms with van der Waals surface area (Å²) in [4.78, 5) is 2.18. The lowest BCUT2D eigenvalue weighted by molar-refractivity contribution is 0.0929. The van der Waals surface area contributed by atoms with Gasteiger partial charge in [-0.1, -0.05) is 54.1 Å². The number of sulfone groups is 1. The van der Waals surface area contributed by atoms with Crippen LogP contribution in [0.25, 0.3) is 16.8 Å². The molecule has 3 unspecified atom stereocenters. The Labute approximate surface area is 210 Å². The van der Waals surface area contributed by atoms with Gasteiger partial charge in [0.1, 0.15) is 11.0 Å². The molecule has 3 rings (SSSR count). The number of anilines is 1. The average molecular weight is 583 g/mol. The molecule has 178 valence electrons. The normalized spacial score (nSPS) is 20.6. The third-order valence-corrected chi connectivity index (χ3v) is 8.91. The third kappa shape index (κ3) is 6.69. The van der Waals surface area contributed by atoms with Gasteiger partial charge in [-0.15, -0.1) is 0 Å². The van der Waals surface area contributed by atoms with Crippen LogP contribution >= 0.6 is 22.6 Å². The number of allylic oxidation sites excluding steroid dienone is 1. The van der Waals surface area contributed by atoms with Crippen LogP contribution in [0.1, 0.15) is 44.6 Å². The van der Waals surface area contributed by atoms with Gasteiger partial charge in [-0.25, -0.2) is 8.42 Å². The zero-order chi connectivity index (χ0) is 24.0. The molecule has 0 amide bonds. The van der Waals surface area contributed by atoms with E-state index >= 15 is 0 Å². The van der Waals surface area contributed by atoms with Crippen LogP contribution < -0.4 is 4.90 Å². The number of fused-ring (bicyclic) bond motifs is 1. The lowest BCUT2D eigenvalue weighted by Gasteiger charge is -2.40. The molecular weight excluding hydrogens is 551 g/mol. The molecule has 0 aliphatic carbocycles. The van der Waals surface area contributed by atoms with Crippen molar-refractivity contribution >= 4 is 55.0 Å². The van der Waals surface area contributed by atoms with Crippen LogP contribution in [0.3, 0.4) is 0 Å². The number of halogens is 1. The van der Waals surface area contributed by atoms with Gasteiger partial charge in [-0.2, -0.15) is 5.26 Å². The summed E-state index contributed by atoms with van der Waals surface area (Å²) in [6.45, 7) is 2.77. The van der Waals surface area contributed by atoms with Gasteiger partial charge < -0.3 is 15.1 Å². The zero-order valence-electron chi connectivity index (χ0n) is 18.8. The van der Waals surface area contributed by atoms with Crippen LogP contribution in [-0.4, -0.2) is 53.6 Å². The Balaban J connectivity index is 1.85. The number of piperidine rings is 1. The summed E-state index contributed by atoms with van der Waals surface area (Å²) >= 11 is 2.57. The van der Waals surface area contributed by atoms with E-state index in [-0.39, 0.29) is 11.3 Å². The van der Waals surface area contributed by atoms with Crippen molar-refractivity contribution in [2.75, 3.05) is 23.8 Å². The van der Waals surface area contributed by atoms with E-state index in [0.717, 1.165) is 27.7 Å². The molecule has 0 radical (unpaired) electrons. The minimum Gasteiger partial charge on any atom is -0.394 e. The third-order valence-electron chi connectivity index (χ3n) is 6.13. The van der Waals surface area contributed by atoms with Crippen molar-refractivity contribution in [2.45, 2.75) is 55.1 Å². The summed E-state index contributed by atoms with van der Waals surface area (Å²) < 4.78 is 25.7. The quantitative estimate of drug-likeness (QED) is 0.258. The molecule has 0 bridgehead atoms. The highest BCUT2D eigenvalue weighted by Crippen LogP contribution is 2.33. The Kier molecular flexibility index (Phi) is 9.16. The first kappa shape index (κ1) is 25.9. The van der Waals surface area contributed by atoms with Gasteiger partial charge in [0.2, 0.25) is 0 Å². The maximum absolute atomic E-state index is 12.5. The Morgan fingerprint density at radius 1 is 1.30 bits per heavy atom. The molecule has 0 saturated carbocycles. The van der Waals surface area contributed by atoms with Crippen molar-refractivity contribution in [1.29, 1.82) is 5.26 Å². The van der Waals surface area contributed by atoms with Crippen molar-refractivity contribution in [3.05, 3.63) is 46.9 Å². The van der Waals surface area contributed by atoms with Gasteiger partial charge in [0.15, 0.2) is 9.84 Å². The van der Waals surface area contributed by atoms with E-state index in [9.17, 15) is 18.8 Å². The van der Waals surface area contributed by atoms with Gasteiger partial charge in [0.25, 0.3) is 0 Å². The summed E-state index contributed by atoms with van der Waals surface area (Å²) in [7, 11) is -3.84. The molecule has 1 fully saturated rings. The molecule has 2 aromatic carbocycles. The van der Waals surface area contributed by atoms with E-state index < -0.39 is 28.3 Å². The monoisotopic (exact) mass is 582 g/mol. The van der Waals surface area contributed by atoms with E-state index in [2.05, 4.69) is 52.6 Å². The number of alkyl halides is 1. The molecule has 1 aliphatic heterocycles. The van der Waals surface area contributed by atoms with Crippen molar-refractivity contribution < 1.29 is 18.6 Å². The smallest absolute Gasteiger partial charge is 0.188 e. The van der Waals surface area contributed by atoms with E-state index in [1.165, 1.54) is 31.0 Å². The van der Waals surface area contributed by atoms with E-state index in [0.29, 0.717) is 11.6 Å². The highest BCUT2D eigenvalue weighted by molar-refractivity contribution is 14.1. The van der Waals surface area contributed by atoms with Crippen LogP contribution in [0.15, 0.2) is 41.3 Å². The lowest BCUT2D eigenvalue weighted by atomic mass is 9.96. The summed E-state index contributed by atoms with van der Waals surface area (Å²) in [6, 6.07) is 14.4. The standard InChI is InChI=1S/C25H31IN2O4S/c1-2-3-22-15-21(26)8-10-28(22)23-7-6-19-12-18(4-5-20(19)14-23)13-25(16-27)33(31,32)11-9-24(30)17-29/h4-7,12-14,21-22,24,29-30H,2-3,8-11,15,17H2,1H3/b25-13+. The minimum absolute atomic E-state index is 0.119. The lowest BCUT2D eigenvalue weighted by Crippen LogP contribution is -2.42. The number of aliphatic hydroxyl groups excluding tert-OH is 2. The predicted molar refractivity (Wildman–Crippen MR) is 142 cm³/mol. The highest BCUT2D eigenvalue weighted by Gasteiger charge is 2.26. The molecule has 1 aliphatic rings. The molecule has 1 heterocycles. The maximum atomic E-state index is 12.5. The van der Waals surface area contributed by atoms with E-state index in [1.54, 1.807) is 6.07 Å². The first-order valence-corrected chi connectivity index (χ1v) is 14.2. The molecule has 3 atom stereocenters. The summed E-state index contributed by atoms with van der Waals surface area (Å²) in [6.07, 6.45) is 4.87. The second kappa shape index (κ2) is 11.6. The molecule has 2 N–H and O–H groups in total.